The van der Waals surface area contributed by atoms with Crippen molar-refractivity contribution in [3.63, 3.8) is 0 Å². The molecule has 2 rings (SSSR count). The molecule has 0 atom stereocenters. The molecule has 1 amide bonds. The molecule has 4 heteroatoms. The van der Waals surface area contributed by atoms with Crippen molar-refractivity contribution in [2.45, 2.75) is 31.7 Å². The van der Waals surface area contributed by atoms with E-state index in [1.54, 1.807) is 16.9 Å². The van der Waals surface area contributed by atoms with Gasteiger partial charge >= 0.3 is 0 Å². The van der Waals surface area contributed by atoms with Gasteiger partial charge in [-0.1, -0.05) is 12.8 Å². The van der Waals surface area contributed by atoms with E-state index in [1.807, 2.05) is 7.05 Å². The van der Waals surface area contributed by atoms with Crippen LogP contribution in [0.15, 0.2) is 12.3 Å². The number of aromatic nitrogens is 2. The number of carbonyl (C=O) groups is 1. The van der Waals surface area contributed by atoms with Crippen LogP contribution in [0.5, 0.6) is 0 Å². The Bertz CT molecular complexity index is 326. The predicted octanol–water partition coefficient (Wildman–Crippen LogP) is 1.09. The monoisotopic (exact) mass is 193 g/mol. The van der Waals surface area contributed by atoms with E-state index in [1.165, 1.54) is 12.8 Å². The molecular formula is C10H15N3O. The van der Waals surface area contributed by atoms with Gasteiger partial charge in [-0.15, -0.1) is 0 Å². The Balaban J connectivity index is 1.95. The third-order valence-corrected chi connectivity index (χ3v) is 2.64. The fourth-order valence-electron chi connectivity index (χ4n) is 1.87. The van der Waals surface area contributed by atoms with Crippen molar-refractivity contribution >= 4 is 5.91 Å². The number of nitrogens with zero attached hydrogens (tertiary/aromatic N) is 2. The highest BCUT2D eigenvalue weighted by Crippen LogP contribution is 2.17. The normalized spacial score (nSPS) is 17.2. The highest BCUT2D eigenvalue weighted by molar-refractivity contribution is 5.92. The molecule has 0 radical (unpaired) electrons. The van der Waals surface area contributed by atoms with Gasteiger partial charge in [0.15, 0.2) is 0 Å². The van der Waals surface area contributed by atoms with Crippen LogP contribution in [0, 0.1) is 0 Å². The SMILES string of the molecule is Cn1ccc(C(=O)NC2CCCC2)n1. The molecule has 0 aromatic carbocycles. The summed E-state index contributed by atoms with van der Waals surface area (Å²) in [5, 5.41) is 7.05. The first-order valence-corrected chi connectivity index (χ1v) is 5.06. The zero-order chi connectivity index (χ0) is 9.97. The standard InChI is InChI=1S/C10H15N3O/c1-13-7-6-9(12-13)10(14)11-8-4-2-3-5-8/h6-8H,2-5H2,1H3,(H,11,14). The van der Waals surface area contributed by atoms with E-state index in [0.717, 1.165) is 12.8 Å². The molecule has 1 heterocycles. The van der Waals surface area contributed by atoms with Gasteiger partial charge in [0, 0.05) is 19.3 Å². The van der Waals surface area contributed by atoms with Gasteiger partial charge in [-0.3, -0.25) is 9.48 Å². The van der Waals surface area contributed by atoms with Gasteiger partial charge in [0.1, 0.15) is 5.69 Å². The van der Waals surface area contributed by atoms with E-state index in [-0.39, 0.29) is 5.91 Å². The van der Waals surface area contributed by atoms with Crippen molar-refractivity contribution in [1.82, 2.24) is 15.1 Å². The number of nitrogens with one attached hydrogen (secondary N) is 1. The summed E-state index contributed by atoms with van der Waals surface area (Å²) < 4.78 is 1.64. The first-order valence-electron chi connectivity index (χ1n) is 5.06. The summed E-state index contributed by atoms with van der Waals surface area (Å²) in [6.45, 7) is 0. The minimum atomic E-state index is -0.0440. The third kappa shape index (κ3) is 1.95. The molecule has 0 saturated heterocycles. The van der Waals surface area contributed by atoms with E-state index < -0.39 is 0 Å². The van der Waals surface area contributed by atoms with Crippen LogP contribution in [0.2, 0.25) is 0 Å². The highest BCUT2D eigenvalue weighted by atomic mass is 16.2. The van der Waals surface area contributed by atoms with Crippen molar-refractivity contribution in [3.8, 4) is 0 Å². The molecule has 0 spiro atoms. The molecule has 1 fully saturated rings. The molecule has 76 valence electrons. The molecule has 14 heavy (non-hydrogen) atoms. The lowest BCUT2D eigenvalue weighted by atomic mass is 10.2. The second-order valence-electron chi connectivity index (χ2n) is 3.83. The fraction of sp³-hybridized carbons (Fsp3) is 0.600. The summed E-state index contributed by atoms with van der Waals surface area (Å²) in [5.41, 5.74) is 0.513. The quantitative estimate of drug-likeness (QED) is 0.764. The topological polar surface area (TPSA) is 46.9 Å². The van der Waals surface area contributed by atoms with E-state index in [2.05, 4.69) is 10.4 Å². The molecule has 0 bridgehead atoms. The van der Waals surface area contributed by atoms with Gasteiger partial charge < -0.3 is 5.32 Å². The molecule has 1 aliphatic rings. The molecular weight excluding hydrogens is 178 g/mol. The van der Waals surface area contributed by atoms with Crippen LogP contribution < -0.4 is 5.32 Å². The Morgan fingerprint density at radius 3 is 2.86 bits per heavy atom. The molecule has 1 aromatic heterocycles. The van der Waals surface area contributed by atoms with E-state index in [4.69, 9.17) is 0 Å². The van der Waals surface area contributed by atoms with Crippen LogP contribution in [0.3, 0.4) is 0 Å². The summed E-state index contributed by atoms with van der Waals surface area (Å²) in [4.78, 5) is 11.6. The lowest BCUT2D eigenvalue weighted by Crippen LogP contribution is -2.32. The first-order chi connectivity index (χ1) is 6.75. The number of carbonyl (C=O) groups excluding carboxylic acids is 1. The summed E-state index contributed by atoms with van der Waals surface area (Å²) >= 11 is 0. The van der Waals surface area contributed by atoms with Gasteiger partial charge in [0.05, 0.1) is 0 Å². The molecule has 1 N–H and O–H groups in total. The van der Waals surface area contributed by atoms with Crippen molar-refractivity contribution in [2.75, 3.05) is 0 Å². The summed E-state index contributed by atoms with van der Waals surface area (Å²) in [6.07, 6.45) is 6.46. The van der Waals surface area contributed by atoms with Crippen LogP contribution in [-0.4, -0.2) is 21.7 Å². The molecule has 4 nitrogen and oxygen atoms in total. The van der Waals surface area contributed by atoms with Crippen LogP contribution in [0.4, 0.5) is 0 Å². The van der Waals surface area contributed by atoms with Crippen LogP contribution in [-0.2, 0) is 7.05 Å². The summed E-state index contributed by atoms with van der Waals surface area (Å²) in [7, 11) is 1.81. The Morgan fingerprint density at radius 2 is 2.29 bits per heavy atom. The van der Waals surface area contributed by atoms with Gasteiger partial charge in [0.25, 0.3) is 5.91 Å². The van der Waals surface area contributed by atoms with Gasteiger partial charge in [0.2, 0.25) is 0 Å². The smallest absolute Gasteiger partial charge is 0.271 e. The predicted molar refractivity (Wildman–Crippen MR) is 52.9 cm³/mol. The molecule has 1 aliphatic carbocycles. The Hall–Kier alpha value is -1.32. The van der Waals surface area contributed by atoms with Crippen LogP contribution >= 0.6 is 0 Å². The lowest BCUT2D eigenvalue weighted by Gasteiger charge is -2.09. The summed E-state index contributed by atoms with van der Waals surface area (Å²) in [6, 6.07) is 2.11. The Labute approximate surface area is 83.3 Å². The fourth-order valence-corrected chi connectivity index (χ4v) is 1.87. The first kappa shape index (κ1) is 9.24. The second-order valence-corrected chi connectivity index (χ2v) is 3.83. The number of aryl methyl sites for hydroxylation is 1. The van der Waals surface area contributed by atoms with Crippen molar-refractivity contribution in [1.29, 1.82) is 0 Å². The van der Waals surface area contributed by atoms with Crippen molar-refractivity contribution in [3.05, 3.63) is 18.0 Å². The van der Waals surface area contributed by atoms with Crippen LogP contribution in [0.1, 0.15) is 36.2 Å². The maximum atomic E-state index is 11.6. The summed E-state index contributed by atoms with van der Waals surface area (Å²) in [5.74, 6) is -0.0440. The third-order valence-electron chi connectivity index (χ3n) is 2.64. The van der Waals surface area contributed by atoms with E-state index >= 15 is 0 Å². The number of amides is 1. The maximum absolute atomic E-state index is 11.6. The largest absolute Gasteiger partial charge is 0.348 e. The highest BCUT2D eigenvalue weighted by Gasteiger charge is 2.18. The zero-order valence-corrected chi connectivity index (χ0v) is 8.36. The van der Waals surface area contributed by atoms with Gasteiger partial charge in [-0.05, 0) is 18.9 Å². The van der Waals surface area contributed by atoms with Crippen LogP contribution in [0.25, 0.3) is 0 Å². The molecule has 1 aromatic rings. The van der Waals surface area contributed by atoms with E-state index in [9.17, 15) is 4.79 Å². The van der Waals surface area contributed by atoms with Crippen molar-refractivity contribution in [2.24, 2.45) is 7.05 Å². The molecule has 0 aliphatic heterocycles. The van der Waals surface area contributed by atoms with Gasteiger partial charge in [-0.2, -0.15) is 5.10 Å². The molecule has 0 unspecified atom stereocenters. The Morgan fingerprint density at radius 1 is 1.57 bits per heavy atom. The minimum Gasteiger partial charge on any atom is -0.348 e. The average molecular weight is 193 g/mol. The number of hydrogen-bond donors (Lipinski definition) is 1. The van der Waals surface area contributed by atoms with E-state index in [0.29, 0.717) is 11.7 Å². The zero-order valence-electron chi connectivity index (χ0n) is 8.36. The molecule has 1 saturated carbocycles. The second kappa shape index (κ2) is 3.82. The van der Waals surface area contributed by atoms with Gasteiger partial charge in [-0.25, -0.2) is 0 Å². The van der Waals surface area contributed by atoms with Crippen molar-refractivity contribution < 1.29 is 4.79 Å². The average Bonchev–Trinajstić information content (AvgIpc) is 2.75. The number of rotatable bonds is 2. The maximum Gasteiger partial charge on any atom is 0.271 e. The minimum absolute atomic E-state index is 0.0440. The number of hydrogen-bond acceptors (Lipinski definition) is 2. The lowest BCUT2D eigenvalue weighted by molar-refractivity contribution is 0.0932. The Kier molecular flexibility index (Phi) is 2.52.